The van der Waals surface area contributed by atoms with Crippen molar-refractivity contribution >= 4 is 5.96 Å². The summed E-state index contributed by atoms with van der Waals surface area (Å²) >= 11 is 0. The topological polar surface area (TPSA) is 54.9 Å². The number of hydrogen-bond acceptors (Lipinski definition) is 3. The molecular weight excluding hydrogens is 290 g/mol. The van der Waals surface area contributed by atoms with Gasteiger partial charge in [-0.2, -0.15) is 0 Å². The normalized spacial score (nSPS) is 11.7. The smallest absolute Gasteiger partial charge is 0.191 e. The maximum atomic E-state index is 5.55. The molecule has 5 nitrogen and oxygen atoms in total. The second-order valence-corrected chi connectivity index (χ2v) is 5.96. The van der Waals surface area contributed by atoms with Gasteiger partial charge in [-0.3, -0.25) is 4.99 Å². The molecule has 0 aliphatic heterocycles. The number of rotatable bonds is 9. The number of nitrogens with one attached hydrogen (secondary N) is 2. The number of ether oxygens (including phenoxy) is 2. The molecule has 0 amide bonds. The minimum Gasteiger partial charge on any atom is -0.496 e. The summed E-state index contributed by atoms with van der Waals surface area (Å²) in [6, 6.07) is 6.24. The molecule has 0 aliphatic rings. The van der Waals surface area contributed by atoms with E-state index in [-0.39, 0.29) is 0 Å². The number of methoxy groups -OCH3 is 1. The minimum absolute atomic E-state index is 0.566. The van der Waals surface area contributed by atoms with E-state index in [1.54, 1.807) is 14.2 Å². The molecule has 0 fully saturated rings. The number of aryl methyl sites for hydroxylation is 1. The first-order valence-corrected chi connectivity index (χ1v) is 8.22. The van der Waals surface area contributed by atoms with Crippen molar-refractivity contribution in [2.24, 2.45) is 10.9 Å². The van der Waals surface area contributed by atoms with Crippen molar-refractivity contribution in [2.45, 2.75) is 27.2 Å². The fourth-order valence-electron chi connectivity index (χ4n) is 2.20. The highest BCUT2D eigenvalue weighted by Crippen LogP contribution is 2.19. The Kier molecular flexibility index (Phi) is 9.14. The lowest BCUT2D eigenvalue weighted by Gasteiger charge is -2.14. The minimum atomic E-state index is 0.566. The second-order valence-electron chi connectivity index (χ2n) is 5.96. The largest absolute Gasteiger partial charge is 0.496 e. The van der Waals surface area contributed by atoms with E-state index < -0.39 is 0 Å². The Labute approximate surface area is 140 Å². The highest BCUT2D eigenvalue weighted by atomic mass is 16.5. The van der Waals surface area contributed by atoms with Crippen LogP contribution in [0, 0.1) is 12.8 Å². The Morgan fingerprint density at radius 3 is 2.61 bits per heavy atom. The molecule has 1 aromatic carbocycles. The van der Waals surface area contributed by atoms with E-state index in [0.717, 1.165) is 37.8 Å². The molecule has 1 aromatic rings. The van der Waals surface area contributed by atoms with Gasteiger partial charge in [-0.15, -0.1) is 0 Å². The highest BCUT2D eigenvalue weighted by molar-refractivity contribution is 5.79. The van der Waals surface area contributed by atoms with Gasteiger partial charge in [0, 0.05) is 26.7 Å². The SMILES string of the molecule is CN=C(NCCOCC(C)C)NCCc1cc(C)ccc1OC. The Balaban J connectivity index is 2.31. The molecule has 0 bridgehead atoms. The summed E-state index contributed by atoms with van der Waals surface area (Å²) in [5.41, 5.74) is 2.45. The van der Waals surface area contributed by atoms with Gasteiger partial charge < -0.3 is 20.1 Å². The summed E-state index contributed by atoms with van der Waals surface area (Å²) in [5.74, 6) is 2.30. The van der Waals surface area contributed by atoms with Crippen molar-refractivity contribution in [3.8, 4) is 5.75 Å². The van der Waals surface area contributed by atoms with E-state index in [1.807, 2.05) is 6.07 Å². The zero-order valence-corrected chi connectivity index (χ0v) is 15.1. The van der Waals surface area contributed by atoms with Crippen molar-refractivity contribution in [2.75, 3.05) is 40.5 Å². The quantitative estimate of drug-likeness (QED) is 0.416. The maximum absolute atomic E-state index is 5.55. The lowest BCUT2D eigenvalue weighted by molar-refractivity contribution is 0.114. The molecular formula is C18H31N3O2. The average molecular weight is 321 g/mol. The third-order valence-corrected chi connectivity index (χ3v) is 3.34. The van der Waals surface area contributed by atoms with Gasteiger partial charge in [-0.1, -0.05) is 31.5 Å². The summed E-state index contributed by atoms with van der Waals surface area (Å²) in [7, 11) is 3.48. The number of guanidine groups is 1. The standard InChI is InChI=1S/C18H31N3O2/c1-14(2)13-23-11-10-21-18(19-4)20-9-8-16-12-15(3)6-7-17(16)22-5/h6-7,12,14H,8-11,13H2,1-5H3,(H2,19,20,21). The van der Waals surface area contributed by atoms with Crippen LogP contribution in [-0.4, -0.2) is 46.4 Å². The zero-order chi connectivity index (χ0) is 17.1. The molecule has 0 aliphatic carbocycles. The van der Waals surface area contributed by atoms with Gasteiger partial charge >= 0.3 is 0 Å². The summed E-state index contributed by atoms with van der Waals surface area (Å²) < 4.78 is 11.0. The van der Waals surface area contributed by atoms with Gasteiger partial charge in [-0.05, 0) is 30.9 Å². The molecule has 2 N–H and O–H groups in total. The zero-order valence-electron chi connectivity index (χ0n) is 15.1. The molecule has 0 heterocycles. The lowest BCUT2D eigenvalue weighted by Crippen LogP contribution is -2.39. The van der Waals surface area contributed by atoms with Crippen LogP contribution in [0.1, 0.15) is 25.0 Å². The van der Waals surface area contributed by atoms with Crippen LogP contribution >= 0.6 is 0 Å². The van der Waals surface area contributed by atoms with E-state index in [0.29, 0.717) is 12.5 Å². The first-order chi connectivity index (χ1) is 11.1. The van der Waals surface area contributed by atoms with Gasteiger partial charge in [-0.25, -0.2) is 0 Å². The van der Waals surface area contributed by atoms with Gasteiger partial charge in [0.1, 0.15) is 5.75 Å². The summed E-state index contributed by atoms with van der Waals surface area (Å²) in [6.07, 6.45) is 0.884. The fraction of sp³-hybridized carbons (Fsp3) is 0.611. The van der Waals surface area contributed by atoms with E-state index in [1.165, 1.54) is 11.1 Å². The molecule has 5 heteroatoms. The Morgan fingerprint density at radius 1 is 1.22 bits per heavy atom. The van der Waals surface area contributed by atoms with E-state index in [9.17, 15) is 0 Å². The Morgan fingerprint density at radius 2 is 1.96 bits per heavy atom. The van der Waals surface area contributed by atoms with Crippen LogP contribution in [0.3, 0.4) is 0 Å². The van der Waals surface area contributed by atoms with Crippen LogP contribution in [0.2, 0.25) is 0 Å². The van der Waals surface area contributed by atoms with Crippen LogP contribution in [-0.2, 0) is 11.2 Å². The molecule has 23 heavy (non-hydrogen) atoms. The van der Waals surface area contributed by atoms with E-state index in [4.69, 9.17) is 9.47 Å². The summed E-state index contributed by atoms with van der Waals surface area (Å²) in [4.78, 5) is 4.22. The number of nitrogens with zero attached hydrogens (tertiary/aromatic N) is 1. The fourth-order valence-corrected chi connectivity index (χ4v) is 2.20. The monoisotopic (exact) mass is 321 g/mol. The van der Waals surface area contributed by atoms with Crippen LogP contribution in [0.5, 0.6) is 5.75 Å². The van der Waals surface area contributed by atoms with E-state index >= 15 is 0 Å². The molecule has 0 atom stereocenters. The van der Waals surface area contributed by atoms with Crippen LogP contribution in [0.25, 0.3) is 0 Å². The average Bonchev–Trinajstić information content (AvgIpc) is 2.52. The third-order valence-electron chi connectivity index (χ3n) is 3.34. The number of aliphatic imine (C=N–C) groups is 1. The van der Waals surface area contributed by atoms with Crippen molar-refractivity contribution in [1.29, 1.82) is 0 Å². The third kappa shape index (κ3) is 7.88. The van der Waals surface area contributed by atoms with Crippen LogP contribution in [0.15, 0.2) is 23.2 Å². The Bertz CT molecular complexity index is 487. The number of hydrogen-bond donors (Lipinski definition) is 2. The summed E-state index contributed by atoms with van der Waals surface area (Å²) in [5, 5.41) is 6.57. The molecule has 0 saturated heterocycles. The second kappa shape index (κ2) is 10.9. The van der Waals surface area contributed by atoms with Gasteiger partial charge in [0.15, 0.2) is 5.96 Å². The summed E-state index contributed by atoms with van der Waals surface area (Å²) in [6.45, 7) is 9.41. The molecule has 0 aromatic heterocycles. The Hall–Kier alpha value is -1.75. The highest BCUT2D eigenvalue weighted by Gasteiger charge is 2.04. The molecule has 0 unspecified atom stereocenters. The first-order valence-electron chi connectivity index (χ1n) is 8.22. The molecule has 1 rings (SSSR count). The van der Waals surface area contributed by atoms with Crippen LogP contribution in [0.4, 0.5) is 0 Å². The number of benzene rings is 1. The predicted octanol–water partition coefficient (Wildman–Crippen LogP) is 2.38. The van der Waals surface area contributed by atoms with Gasteiger partial charge in [0.2, 0.25) is 0 Å². The van der Waals surface area contributed by atoms with Crippen molar-refractivity contribution in [3.63, 3.8) is 0 Å². The van der Waals surface area contributed by atoms with Crippen LogP contribution < -0.4 is 15.4 Å². The molecule has 0 saturated carbocycles. The van der Waals surface area contributed by atoms with Crippen molar-refractivity contribution in [3.05, 3.63) is 29.3 Å². The van der Waals surface area contributed by atoms with Gasteiger partial charge in [0.05, 0.1) is 13.7 Å². The van der Waals surface area contributed by atoms with Crippen molar-refractivity contribution in [1.82, 2.24) is 10.6 Å². The first kappa shape index (κ1) is 19.3. The predicted molar refractivity (Wildman–Crippen MR) is 96.5 cm³/mol. The van der Waals surface area contributed by atoms with Gasteiger partial charge in [0.25, 0.3) is 0 Å². The molecule has 0 spiro atoms. The van der Waals surface area contributed by atoms with E-state index in [2.05, 4.69) is 48.5 Å². The van der Waals surface area contributed by atoms with Crippen molar-refractivity contribution < 1.29 is 9.47 Å². The lowest BCUT2D eigenvalue weighted by atomic mass is 10.1. The molecule has 0 radical (unpaired) electrons. The maximum Gasteiger partial charge on any atom is 0.191 e. The molecule has 130 valence electrons.